The molecular formula is C24H44O8. The van der Waals surface area contributed by atoms with Crippen LogP contribution in [-0.4, -0.2) is 69.5 Å². The minimum atomic E-state index is -1.64. The zero-order valence-corrected chi connectivity index (χ0v) is 19.5. The number of carbonyl (C=O) groups is 2. The Balaban J connectivity index is 0. The third kappa shape index (κ3) is 24.7. The molecule has 0 aliphatic carbocycles. The van der Waals surface area contributed by atoms with E-state index in [1.165, 1.54) is 25.7 Å². The fraction of sp³-hybridized carbons (Fsp3) is 0.750. The summed E-state index contributed by atoms with van der Waals surface area (Å²) < 4.78 is 4.42. The largest absolute Gasteiger partial charge is 0.394 e. The summed E-state index contributed by atoms with van der Waals surface area (Å²) in [5.41, 5.74) is 0. The maximum absolute atomic E-state index is 11.4. The van der Waals surface area contributed by atoms with Crippen LogP contribution >= 0.6 is 0 Å². The minimum absolute atomic E-state index is 0.161. The number of allylic oxidation sites excluding steroid dienone is 4. The van der Waals surface area contributed by atoms with Crippen LogP contribution in [0.4, 0.5) is 0 Å². The second-order valence-corrected chi connectivity index (χ2v) is 7.49. The molecule has 0 rings (SSSR count). The molecule has 8 heteroatoms. The van der Waals surface area contributed by atoms with Crippen molar-refractivity contribution in [3.63, 3.8) is 0 Å². The number of rotatable bonds is 18. The van der Waals surface area contributed by atoms with Crippen molar-refractivity contribution in [1.29, 1.82) is 0 Å². The maximum Gasteiger partial charge on any atom is 0.345 e. The van der Waals surface area contributed by atoms with Crippen LogP contribution in [0.3, 0.4) is 0 Å². The van der Waals surface area contributed by atoms with E-state index in [1.54, 1.807) is 0 Å². The van der Waals surface area contributed by atoms with Crippen molar-refractivity contribution in [3.05, 3.63) is 24.3 Å². The molecule has 0 fully saturated rings. The van der Waals surface area contributed by atoms with E-state index in [0.717, 1.165) is 38.5 Å². The van der Waals surface area contributed by atoms with Crippen molar-refractivity contribution in [3.8, 4) is 0 Å². The highest BCUT2D eigenvalue weighted by Crippen LogP contribution is 2.09. The predicted molar refractivity (Wildman–Crippen MR) is 124 cm³/mol. The van der Waals surface area contributed by atoms with Crippen LogP contribution in [0.5, 0.6) is 0 Å². The zero-order valence-electron chi connectivity index (χ0n) is 19.5. The zero-order chi connectivity index (χ0) is 24.5. The average molecular weight is 461 g/mol. The molecule has 0 aromatic rings. The molecular weight excluding hydrogens is 416 g/mol. The Labute approximate surface area is 192 Å². The van der Waals surface area contributed by atoms with Gasteiger partial charge in [0.15, 0.2) is 6.10 Å². The molecule has 0 heterocycles. The quantitative estimate of drug-likeness (QED) is 0.0908. The Morgan fingerprint density at radius 2 is 1.28 bits per heavy atom. The van der Waals surface area contributed by atoms with Crippen LogP contribution in [0.2, 0.25) is 0 Å². The molecule has 0 aliphatic heterocycles. The SMILES string of the molecule is CCCCC/C=C\C/C=C\CCCCCCCC(=O)OC(=O)C(O)CO.OCC(O)CO. The van der Waals surface area contributed by atoms with Crippen LogP contribution in [-0.2, 0) is 14.3 Å². The lowest BCUT2D eigenvalue weighted by Crippen LogP contribution is -2.28. The Morgan fingerprint density at radius 3 is 1.78 bits per heavy atom. The molecule has 0 radical (unpaired) electrons. The first-order chi connectivity index (χ1) is 15.4. The Hall–Kier alpha value is -1.58. The van der Waals surface area contributed by atoms with E-state index in [9.17, 15) is 9.59 Å². The van der Waals surface area contributed by atoms with Crippen LogP contribution < -0.4 is 0 Å². The van der Waals surface area contributed by atoms with E-state index >= 15 is 0 Å². The van der Waals surface area contributed by atoms with Gasteiger partial charge in [-0.15, -0.1) is 0 Å². The molecule has 32 heavy (non-hydrogen) atoms. The number of aliphatic hydroxyl groups is 5. The lowest BCUT2D eigenvalue weighted by atomic mass is 10.1. The molecule has 5 N–H and O–H groups in total. The van der Waals surface area contributed by atoms with Crippen LogP contribution in [0, 0.1) is 0 Å². The number of hydrogen-bond donors (Lipinski definition) is 5. The van der Waals surface area contributed by atoms with E-state index in [2.05, 4.69) is 36.0 Å². The monoisotopic (exact) mass is 460 g/mol. The molecule has 0 aromatic heterocycles. The van der Waals surface area contributed by atoms with Crippen molar-refractivity contribution in [2.75, 3.05) is 19.8 Å². The number of carbonyl (C=O) groups excluding carboxylic acids is 2. The van der Waals surface area contributed by atoms with Crippen LogP contribution in [0.25, 0.3) is 0 Å². The molecule has 8 nitrogen and oxygen atoms in total. The second-order valence-electron chi connectivity index (χ2n) is 7.49. The summed E-state index contributed by atoms with van der Waals surface area (Å²) in [5, 5.41) is 41.6. The van der Waals surface area contributed by atoms with E-state index in [-0.39, 0.29) is 19.6 Å². The van der Waals surface area contributed by atoms with Crippen molar-refractivity contribution in [2.24, 2.45) is 0 Å². The van der Waals surface area contributed by atoms with Gasteiger partial charge in [0.2, 0.25) is 0 Å². The molecule has 0 amide bonds. The summed E-state index contributed by atoms with van der Waals surface area (Å²) in [7, 11) is 0. The van der Waals surface area contributed by atoms with E-state index in [0.29, 0.717) is 6.42 Å². The molecule has 1 atom stereocenters. The normalized spacial score (nSPS) is 12.2. The first-order valence-electron chi connectivity index (χ1n) is 11.7. The molecule has 1 unspecified atom stereocenters. The molecule has 188 valence electrons. The maximum atomic E-state index is 11.4. The van der Waals surface area contributed by atoms with Gasteiger partial charge in [-0.1, -0.05) is 63.3 Å². The summed E-state index contributed by atoms with van der Waals surface area (Å²) in [5.74, 6) is -1.73. The van der Waals surface area contributed by atoms with Crippen molar-refractivity contribution >= 4 is 11.9 Å². The fourth-order valence-corrected chi connectivity index (χ4v) is 2.44. The van der Waals surface area contributed by atoms with Crippen molar-refractivity contribution < 1.29 is 39.9 Å². The van der Waals surface area contributed by atoms with Gasteiger partial charge < -0.3 is 30.3 Å². The lowest BCUT2D eigenvalue weighted by Gasteiger charge is -2.06. The standard InChI is InChI=1S/C21H36O5.C3H8O3/c1-2-3-4-5-6-7-8-9-10-11-12-13-14-15-16-17-20(24)26-21(25)19(23)18-22;4-1-3(6)2-5/h6-7,9-10,19,22-23H,2-5,8,11-18H2,1H3;3-6H,1-2H2/b7-6-,10-9-;. The summed E-state index contributed by atoms with van der Waals surface area (Å²) in [6.07, 6.45) is 18.5. The molecule has 0 aromatic carbocycles. The van der Waals surface area contributed by atoms with Gasteiger partial charge in [0.25, 0.3) is 0 Å². The molecule has 0 bridgehead atoms. The Bertz CT molecular complexity index is 486. The van der Waals surface area contributed by atoms with Crippen molar-refractivity contribution in [2.45, 2.75) is 96.2 Å². The molecule has 0 spiro atoms. The topological polar surface area (TPSA) is 145 Å². The first-order valence-corrected chi connectivity index (χ1v) is 11.7. The van der Waals surface area contributed by atoms with E-state index in [1.807, 2.05) is 0 Å². The van der Waals surface area contributed by atoms with Gasteiger partial charge in [0.1, 0.15) is 6.10 Å². The fourth-order valence-electron chi connectivity index (χ4n) is 2.44. The van der Waals surface area contributed by atoms with Gasteiger partial charge in [-0.3, -0.25) is 4.79 Å². The molecule has 0 aliphatic rings. The van der Waals surface area contributed by atoms with Gasteiger partial charge in [-0.25, -0.2) is 4.79 Å². The highest BCUT2D eigenvalue weighted by molar-refractivity contribution is 5.87. The van der Waals surface area contributed by atoms with Crippen molar-refractivity contribution in [1.82, 2.24) is 0 Å². The third-order valence-corrected chi connectivity index (χ3v) is 4.41. The number of aliphatic hydroxyl groups excluding tert-OH is 5. The highest BCUT2D eigenvalue weighted by atomic mass is 16.6. The predicted octanol–water partition coefficient (Wildman–Crippen LogP) is 2.55. The Morgan fingerprint density at radius 1 is 0.750 bits per heavy atom. The lowest BCUT2D eigenvalue weighted by molar-refractivity contribution is -0.167. The molecule has 0 saturated heterocycles. The number of unbranched alkanes of at least 4 members (excludes halogenated alkanes) is 8. The van der Waals surface area contributed by atoms with Crippen LogP contribution in [0.15, 0.2) is 24.3 Å². The molecule has 0 saturated carbocycles. The summed E-state index contributed by atoms with van der Waals surface area (Å²) >= 11 is 0. The van der Waals surface area contributed by atoms with E-state index in [4.69, 9.17) is 25.5 Å². The van der Waals surface area contributed by atoms with Gasteiger partial charge in [0.05, 0.1) is 19.8 Å². The summed E-state index contributed by atoms with van der Waals surface area (Å²) in [6, 6.07) is 0. The first kappa shape index (κ1) is 32.6. The summed E-state index contributed by atoms with van der Waals surface area (Å²) in [4.78, 5) is 22.4. The van der Waals surface area contributed by atoms with Gasteiger partial charge >= 0.3 is 11.9 Å². The number of ether oxygens (including phenoxy) is 1. The smallest absolute Gasteiger partial charge is 0.345 e. The number of hydrogen-bond acceptors (Lipinski definition) is 8. The van der Waals surface area contributed by atoms with Gasteiger partial charge in [-0.2, -0.15) is 0 Å². The highest BCUT2D eigenvalue weighted by Gasteiger charge is 2.18. The summed E-state index contributed by atoms with van der Waals surface area (Å²) in [6.45, 7) is 0.748. The van der Waals surface area contributed by atoms with Crippen LogP contribution in [0.1, 0.15) is 84.0 Å². The van der Waals surface area contributed by atoms with Gasteiger partial charge in [-0.05, 0) is 38.5 Å². The average Bonchev–Trinajstić information content (AvgIpc) is 2.80. The van der Waals surface area contributed by atoms with E-state index < -0.39 is 30.8 Å². The van der Waals surface area contributed by atoms with Gasteiger partial charge in [0, 0.05) is 6.42 Å². The Kier molecular flexibility index (Phi) is 26.2. The third-order valence-electron chi connectivity index (χ3n) is 4.41. The second kappa shape index (κ2) is 25.7. The number of esters is 2. The minimum Gasteiger partial charge on any atom is -0.394 e.